The quantitative estimate of drug-likeness (QED) is 0.449. The number of unbranched alkanes of at least 4 members (excludes halogenated alkanes) is 1. The molecule has 0 spiro atoms. The number of rotatable bonds is 5. The van der Waals surface area contributed by atoms with Gasteiger partial charge in [-0.25, -0.2) is 0 Å². The highest BCUT2D eigenvalue weighted by Crippen LogP contribution is 2.32. The van der Waals surface area contributed by atoms with Gasteiger partial charge in [0.1, 0.15) is 0 Å². The number of esters is 1. The molecule has 0 bridgehead atoms. The predicted octanol–water partition coefficient (Wildman–Crippen LogP) is 4.12. The molecular weight excluding hydrogens is 352 g/mol. The van der Waals surface area contributed by atoms with Crippen LogP contribution in [0.4, 0.5) is 0 Å². The molecule has 0 unspecified atom stereocenters. The van der Waals surface area contributed by atoms with Gasteiger partial charge in [0.25, 0.3) is 0 Å². The van der Waals surface area contributed by atoms with Crippen molar-refractivity contribution in [2.45, 2.75) is 26.2 Å². The number of benzene rings is 1. The fraction of sp³-hybridized carbons (Fsp3) is 0.333. The van der Waals surface area contributed by atoms with Gasteiger partial charge in [-0.05, 0) is 34.5 Å². The largest absolute Gasteiger partial charge is 0.425 e. The van der Waals surface area contributed by atoms with Crippen molar-refractivity contribution in [1.29, 1.82) is 0 Å². The van der Waals surface area contributed by atoms with Gasteiger partial charge in [-0.1, -0.05) is 29.3 Å². The summed E-state index contributed by atoms with van der Waals surface area (Å²) in [4.78, 5) is 22.4. The van der Waals surface area contributed by atoms with Crippen LogP contribution < -0.4 is 4.74 Å². The lowest BCUT2D eigenvalue weighted by atomic mass is 10.2. The zero-order valence-electron chi connectivity index (χ0n) is 9.33. The molecule has 0 saturated heterocycles. The highest BCUT2D eigenvalue weighted by Gasteiger charge is 2.13. The fourth-order valence-electron chi connectivity index (χ4n) is 1.26. The van der Waals surface area contributed by atoms with E-state index >= 15 is 0 Å². The Bertz CT molecular complexity index is 430. The molecule has 0 radical (unpaired) electrons. The van der Waals surface area contributed by atoms with E-state index in [9.17, 15) is 9.59 Å². The lowest BCUT2D eigenvalue weighted by molar-refractivity contribution is -0.134. The smallest absolute Gasteiger partial charge is 0.311 e. The summed E-state index contributed by atoms with van der Waals surface area (Å²) in [6, 6.07) is 3.34. The average molecular weight is 364 g/mol. The van der Waals surface area contributed by atoms with Crippen molar-refractivity contribution in [2.24, 2.45) is 0 Å². The number of hydrogen-bond donors (Lipinski definition) is 0. The van der Waals surface area contributed by atoms with Gasteiger partial charge < -0.3 is 4.74 Å². The van der Waals surface area contributed by atoms with Crippen molar-refractivity contribution < 1.29 is 14.3 Å². The summed E-state index contributed by atoms with van der Waals surface area (Å²) in [6.45, 7) is 2.00. The van der Waals surface area contributed by atoms with Gasteiger partial charge >= 0.3 is 5.97 Å². The Labute approximate surface area is 117 Å². The minimum atomic E-state index is -0.321. The molecular formula is C12H12Br2O3. The third-order valence-electron chi connectivity index (χ3n) is 2.11. The van der Waals surface area contributed by atoms with Crippen LogP contribution in [0.5, 0.6) is 5.75 Å². The van der Waals surface area contributed by atoms with Crippen LogP contribution in [0.1, 0.15) is 36.5 Å². The lowest BCUT2D eigenvalue weighted by Crippen LogP contribution is -2.09. The summed E-state index contributed by atoms with van der Waals surface area (Å²) in [7, 11) is 0. The molecule has 3 nitrogen and oxygen atoms in total. The maximum absolute atomic E-state index is 11.5. The van der Waals surface area contributed by atoms with E-state index in [1.165, 1.54) is 0 Å². The fourth-order valence-corrected chi connectivity index (χ4v) is 2.60. The first-order valence-electron chi connectivity index (χ1n) is 5.23. The number of halogens is 2. The summed E-state index contributed by atoms with van der Waals surface area (Å²) in [6.07, 6.45) is 2.73. The van der Waals surface area contributed by atoms with Crippen LogP contribution in [0.15, 0.2) is 21.1 Å². The van der Waals surface area contributed by atoms with Crippen LogP contribution in [0.2, 0.25) is 0 Å². The Morgan fingerprint density at radius 3 is 2.71 bits per heavy atom. The summed E-state index contributed by atoms with van der Waals surface area (Å²) in [5, 5.41) is 0. The molecule has 1 rings (SSSR count). The second-order valence-corrected chi connectivity index (χ2v) is 5.27. The second-order valence-electron chi connectivity index (χ2n) is 3.50. The molecule has 0 aliphatic rings. The standard InChI is InChI=1S/C12H12Br2O3/c1-2-3-4-11(16)17-12-8(7-15)5-9(13)6-10(12)14/h5-7H,2-4H2,1H3. The number of hydrogen-bond acceptors (Lipinski definition) is 3. The number of aldehydes is 1. The molecule has 0 amide bonds. The maximum atomic E-state index is 11.5. The molecule has 0 N–H and O–H groups in total. The Morgan fingerprint density at radius 1 is 1.41 bits per heavy atom. The summed E-state index contributed by atoms with van der Waals surface area (Å²) in [5.74, 6) is -0.0396. The van der Waals surface area contributed by atoms with E-state index in [0.717, 1.165) is 17.3 Å². The van der Waals surface area contributed by atoms with E-state index in [1.807, 2.05) is 6.92 Å². The van der Waals surface area contributed by atoms with Gasteiger partial charge in [0.2, 0.25) is 0 Å². The van der Waals surface area contributed by atoms with Crippen LogP contribution in [0.3, 0.4) is 0 Å². The topological polar surface area (TPSA) is 43.4 Å². The van der Waals surface area contributed by atoms with Crippen molar-refractivity contribution in [1.82, 2.24) is 0 Å². The van der Waals surface area contributed by atoms with Gasteiger partial charge in [0.05, 0.1) is 10.0 Å². The Balaban J connectivity index is 2.89. The zero-order valence-corrected chi connectivity index (χ0v) is 12.5. The molecule has 5 heteroatoms. The molecule has 0 aliphatic carbocycles. The predicted molar refractivity (Wildman–Crippen MR) is 72.4 cm³/mol. The molecule has 1 aromatic carbocycles. The maximum Gasteiger partial charge on any atom is 0.311 e. The van der Waals surface area contributed by atoms with Gasteiger partial charge in [0, 0.05) is 10.9 Å². The summed E-state index contributed by atoms with van der Waals surface area (Å²) >= 11 is 6.54. The summed E-state index contributed by atoms with van der Waals surface area (Å²) in [5.41, 5.74) is 0.344. The van der Waals surface area contributed by atoms with E-state index in [1.54, 1.807) is 12.1 Å². The van der Waals surface area contributed by atoms with E-state index in [-0.39, 0.29) is 11.7 Å². The molecule has 92 valence electrons. The highest BCUT2D eigenvalue weighted by molar-refractivity contribution is 9.11. The van der Waals surface area contributed by atoms with Crippen LogP contribution >= 0.6 is 31.9 Å². The van der Waals surface area contributed by atoms with Gasteiger partial charge in [-0.2, -0.15) is 0 Å². The van der Waals surface area contributed by atoms with Gasteiger partial charge in [-0.15, -0.1) is 0 Å². The Hall–Kier alpha value is -0.680. The SMILES string of the molecule is CCCCC(=O)Oc1c(Br)cc(Br)cc1C=O. The third kappa shape index (κ3) is 4.24. The number of carbonyl (C=O) groups excluding carboxylic acids is 2. The second kappa shape index (κ2) is 6.91. The Morgan fingerprint density at radius 2 is 2.12 bits per heavy atom. The number of ether oxygens (including phenoxy) is 1. The van der Waals surface area contributed by atoms with Crippen molar-refractivity contribution in [3.8, 4) is 5.75 Å². The summed E-state index contributed by atoms with van der Waals surface area (Å²) < 4.78 is 6.52. The van der Waals surface area contributed by atoms with Crippen LogP contribution in [0.25, 0.3) is 0 Å². The highest BCUT2D eigenvalue weighted by atomic mass is 79.9. The third-order valence-corrected chi connectivity index (χ3v) is 3.16. The van der Waals surface area contributed by atoms with E-state index in [4.69, 9.17) is 4.74 Å². The minimum absolute atomic E-state index is 0.282. The first-order chi connectivity index (χ1) is 8.08. The first-order valence-corrected chi connectivity index (χ1v) is 6.82. The lowest BCUT2D eigenvalue weighted by Gasteiger charge is -2.09. The molecule has 0 fully saturated rings. The minimum Gasteiger partial charge on any atom is -0.425 e. The van der Waals surface area contributed by atoms with Crippen molar-refractivity contribution in [3.05, 3.63) is 26.6 Å². The number of carbonyl (C=O) groups is 2. The zero-order chi connectivity index (χ0) is 12.8. The van der Waals surface area contributed by atoms with Crippen LogP contribution in [-0.2, 0) is 4.79 Å². The van der Waals surface area contributed by atoms with E-state index < -0.39 is 0 Å². The van der Waals surface area contributed by atoms with E-state index in [0.29, 0.717) is 22.7 Å². The van der Waals surface area contributed by atoms with Crippen molar-refractivity contribution in [2.75, 3.05) is 0 Å². The first kappa shape index (κ1) is 14.4. The molecule has 0 atom stereocenters. The van der Waals surface area contributed by atoms with Crippen LogP contribution in [-0.4, -0.2) is 12.3 Å². The average Bonchev–Trinajstić information content (AvgIpc) is 2.29. The van der Waals surface area contributed by atoms with E-state index in [2.05, 4.69) is 31.9 Å². The van der Waals surface area contributed by atoms with Crippen molar-refractivity contribution >= 4 is 44.1 Å². The molecule has 1 aromatic rings. The normalized spacial score (nSPS) is 10.1. The van der Waals surface area contributed by atoms with Gasteiger partial charge in [-0.3, -0.25) is 9.59 Å². The van der Waals surface area contributed by atoms with Crippen LogP contribution in [0, 0.1) is 0 Å². The Kier molecular flexibility index (Phi) is 5.85. The molecule has 17 heavy (non-hydrogen) atoms. The molecule has 0 heterocycles. The molecule has 0 aliphatic heterocycles. The van der Waals surface area contributed by atoms with Gasteiger partial charge in [0.15, 0.2) is 12.0 Å². The molecule has 0 aromatic heterocycles. The monoisotopic (exact) mass is 362 g/mol. The van der Waals surface area contributed by atoms with Crippen molar-refractivity contribution in [3.63, 3.8) is 0 Å². The molecule has 0 saturated carbocycles.